The summed E-state index contributed by atoms with van der Waals surface area (Å²) in [4.78, 5) is 3.43. The summed E-state index contributed by atoms with van der Waals surface area (Å²) in [6.07, 6.45) is 0.374. The summed E-state index contributed by atoms with van der Waals surface area (Å²) in [5, 5.41) is 3.28. The molecule has 1 spiro atoms. The molecule has 0 amide bonds. The normalized spacial score (nSPS) is 25.2. The Kier molecular flexibility index (Phi) is 3.36. The van der Waals surface area contributed by atoms with Gasteiger partial charge in [-0.15, -0.1) is 0 Å². The molecule has 1 N–H and O–H groups in total. The molecule has 0 radical (unpaired) electrons. The van der Waals surface area contributed by atoms with Gasteiger partial charge in [-0.2, -0.15) is 13.2 Å². The fourth-order valence-corrected chi connectivity index (χ4v) is 3.20. The Morgan fingerprint density at radius 1 is 1.25 bits per heavy atom. The number of pyridine rings is 1. The van der Waals surface area contributed by atoms with Gasteiger partial charge in [0.25, 0.3) is 0 Å². The number of ether oxygens (including phenoxy) is 1. The molecule has 1 aromatic rings. The third-order valence-corrected chi connectivity index (χ3v) is 4.50. The molecule has 6 heteroatoms. The van der Waals surface area contributed by atoms with Gasteiger partial charge in [-0.1, -0.05) is 0 Å². The molecule has 1 aromatic heterocycles. The predicted molar refractivity (Wildman–Crippen MR) is 67.4 cm³/mol. The second-order valence-corrected chi connectivity index (χ2v) is 5.61. The number of nitrogens with zero attached hydrogens (tertiary/aromatic N) is 1. The molecular formula is C14H17F3N2O. The van der Waals surface area contributed by atoms with Gasteiger partial charge in [0.05, 0.1) is 0 Å². The van der Waals surface area contributed by atoms with Gasteiger partial charge in [0.1, 0.15) is 6.10 Å². The minimum Gasteiger partial charge on any atom is -0.488 e. The van der Waals surface area contributed by atoms with Crippen molar-refractivity contribution in [1.82, 2.24) is 10.3 Å². The predicted octanol–water partition coefficient (Wildman–Crippen LogP) is 3.01. The molecule has 3 rings (SSSR count). The molecule has 3 nitrogen and oxygen atoms in total. The van der Waals surface area contributed by atoms with Crippen LogP contribution in [0.15, 0.2) is 18.3 Å². The molecular weight excluding hydrogens is 269 g/mol. The third-order valence-electron chi connectivity index (χ3n) is 4.50. The first-order valence-electron chi connectivity index (χ1n) is 6.91. The molecule has 1 aliphatic heterocycles. The summed E-state index contributed by atoms with van der Waals surface area (Å²) >= 11 is 0. The quantitative estimate of drug-likeness (QED) is 0.907. The number of hydrogen-bond donors (Lipinski definition) is 1. The van der Waals surface area contributed by atoms with Crippen molar-refractivity contribution in [2.24, 2.45) is 5.41 Å². The van der Waals surface area contributed by atoms with Gasteiger partial charge in [0.15, 0.2) is 11.4 Å². The fourth-order valence-electron chi connectivity index (χ4n) is 3.20. The van der Waals surface area contributed by atoms with Crippen molar-refractivity contribution in [2.45, 2.75) is 38.0 Å². The van der Waals surface area contributed by atoms with Crippen molar-refractivity contribution in [3.8, 4) is 5.75 Å². The molecule has 1 unspecified atom stereocenters. The lowest BCUT2D eigenvalue weighted by Gasteiger charge is -2.51. The van der Waals surface area contributed by atoms with E-state index in [1.54, 1.807) is 0 Å². The van der Waals surface area contributed by atoms with E-state index in [2.05, 4.69) is 10.3 Å². The lowest BCUT2D eigenvalue weighted by Crippen LogP contribution is -2.53. The summed E-state index contributed by atoms with van der Waals surface area (Å²) in [5.74, 6) is -0.136. The molecule has 20 heavy (non-hydrogen) atoms. The first kappa shape index (κ1) is 13.7. The minimum atomic E-state index is -4.47. The van der Waals surface area contributed by atoms with Crippen LogP contribution in [0.1, 0.15) is 31.4 Å². The first-order chi connectivity index (χ1) is 9.51. The van der Waals surface area contributed by atoms with E-state index in [0.29, 0.717) is 0 Å². The highest BCUT2D eigenvalue weighted by Crippen LogP contribution is 2.50. The standard InChI is InChI=1S/C14H17F3N2O/c15-14(16,17)12-10(2-1-7-19-12)20-11-3-4-13(11)5-8-18-9-6-13/h1-2,7,11,18H,3-6,8-9H2. The highest BCUT2D eigenvalue weighted by Gasteiger charge is 2.49. The van der Waals surface area contributed by atoms with Crippen LogP contribution in [-0.4, -0.2) is 24.2 Å². The summed E-state index contributed by atoms with van der Waals surface area (Å²) in [6, 6.07) is 2.85. The van der Waals surface area contributed by atoms with E-state index in [0.717, 1.165) is 45.0 Å². The smallest absolute Gasteiger partial charge is 0.437 e. The van der Waals surface area contributed by atoms with E-state index in [1.165, 1.54) is 12.1 Å². The lowest BCUT2D eigenvalue weighted by molar-refractivity contribution is -0.145. The van der Waals surface area contributed by atoms with E-state index >= 15 is 0 Å². The van der Waals surface area contributed by atoms with Crippen molar-refractivity contribution >= 4 is 0 Å². The van der Waals surface area contributed by atoms with E-state index in [-0.39, 0.29) is 17.3 Å². The van der Waals surface area contributed by atoms with Gasteiger partial charge in [-0.3, -0.25) is 0 Å². The van der Waals surface area contributed by atoms with Gasteiger partial charge in [0.2, 0.25) is 0 Å². The topological polar surface area (TPSA) is 34.1 Å². The van der Waals surface area contributed by atoms with Crippen LogP contribution in [0, 0.1) is 5.41 Å². The maximum absolute atomic E-state index is 12.9. The van der Waals surface area contributed by atoms with E-state index in [9.17, 15) is 13.2 Å². The maximum Gasteiger partial charge on any atom is 0.437 e. The molecule has 2 fully saturated rings. The van der Waals surface area contributed by atoms with Crippen molar-refractivity contribution in [3.05, 3.63) is 24.0 Å². The number of piperidine rings is 1. The van der Waals surface area contributed by atoms with Crippen molar-refractivity contribution in [1.29, 1.82) is 0 Å². The fraction of sp³-hybridized carbons (Fsp3) is 0.643. The molecule has 1 aliphatic carbocycles. The SMILES string of the molecule is FC(F)(F)c1ncccc1OC1CCC12CCNCC2. The average molecular weight is 286 g/mol. The monoisotopic (exact) mass is 286 g/mol. The summed E-state index contributed by atoms with van der Waals surface area (Å²) < 4.78 is 44.4. The zero-order chi connectivity index (χ0) is 14.2. The Balaban J connectivity index is 1.78. The van der Waals surface area contributed by atoms with E-state index < -0.39 is 11.9 Å². The Bertz CT molecular complexity index is 484. The summed E-state index contributed by atoms with van der Waals surface area (Å²) in [7, 11) is 0. The number of aromatic nitrogens is 1. The number of nitrogens with one attached hydrogen (secondary N) is 1. The van der Waals surface area contributed by atoms with Gasteiger partial charge in [0, 0.05) is 11.6 Å². The first-order valence-corrected chi connectivity index (χ1v) is 6.91. The zero-order valence-electron chi connectivity index (χ0n) is 11.0. The zero-order valence-corrected chi connectivity index (χ0v) is 11.0. The Morgan fingerprint density at radius 2 is 2.00 bits per heavy atom. The average Bonchev–Trinajstić information content (AvgIpc) is 2.44. The van der Waals surface area contributed by atoms with Crippen LogP contribution in [0.5, 0.6) is 5.75 Å². The molecule has 0 aromatic carbocycles. The minimum absolute atomic E-state index is 0.0595. The highest BCUT2D eigenvalue weighted by molar-refractivity contribution is 5.30. The number of halogens is 3. The van der Waals surface area contributed by atoms with E-state index in [1.807, 2.05) is 0 Å². The van der Waals surface area contributed by atoms with Crippen LogP contribution in [0.2, 0.25) is 0 Å². The van der Waals surface area contributed by atoms with Crippen molar-refractivity contribution < 1.29 is 17.9 Å². The van der Waals surface area contributed by atoms with Crippen LogP contribution < -0.4 is 10.1 Å². The number of hydrogen-bond acceptors (Lipinski definition) is 3. The molecule has 2 heterocycles. The Labute approximate surface area is 115 Å². The number of alkyl halides is 3. The van der Waals surface area contributed by atoms with Gasteiger partial charge in [-0.05, 0) is 50.9 Å². The maximum atomic E-state index is 12.9. The highest BCUT2D eigenvalue weighted by atomic mass is 19.4. The summed E-state index contributed by atoms with van der Waals surface area (Å²) in [5.41, 5.74) is -0.861. The van der Waals surface area contributed by atoms with Crippen LogP contribution in [0.4, 0.5) is 13.2 Å². The molecule has 0 bridgehead atoms. The third kappa shape index (κ3) is 2.37. The molecule has 1 saturated heterocycles. The van der Waals surface area contributed by atoms with Gasteiger partial charge >= 0.3 is 6.18 Å². The molecule has 110 valence electrons. The molecule has 1 saturated carbocycles. The number of rotatable bonds is 2. The van der Waals surface area contributed by atoms with Crippen LogP contribution >= 0.6 is 0 Å². The lowest BCUT2D eigenvalue weighted by atomic mass is 9.61. The van der Waals surface area contributed by atoms with Crippen molar-refractivity contribution in [2.75, 3.05) is 13.1 Å². The summed E-state index contributed by atoms with van der Waals surface area (Å²) in [6.45, 7) is 1.83. The molecule has 2 aliphatic rings. The largest absolute Gasteiger partial charge is 0.488 e. The second kappa shape index (κ2) is 4.91. The van der Waals surface area contributed by atoms with Crippen molar-refractivity contribution in [3.63, 3.8) is 0 Å². The van der Waals surface area contributed by atoms with Gasteiger partial charge in [-0.25, -0.2) is 4.98 Å². The van der Waals surface area contributed by atoms with Crippen LogP contribution in [0.3, 0.4) is 0 Å². The van der Waals surface area contributed by atoms with Crippen LogP contribution in [0.25, 0.3) is 0 Å². The van der Waals surface area contributed by atoms with E-state index in [4.69, 9.17) is 4.74 Å². The molecule has 1 atom stereocenters. The van der Waals surface area contributed by atoms with Gasteiger partial charge < -0.3 is 10.1 Å². The van der Waals surface area contributed by atoms with Crippen LogP contribution in [-0.2, 0) is 6.18 Å². The Morgan fingerprint density at radius 3 is 2.60 bits per heavy atom. The second-order valence-electron chi connectivity index (χ2n) is 5.61. The Hall–Kier alpha value is -1.30.